The minimum atomic E-state index is -0.465. The largest absolute Gasteiger partial charge is 0.385 e. The fourth-order valence-corrected chi connectivity index (χ4v) is 5.51. The standard InChI is InChI=1S/C29H37N5O2/c1-3-15-33(16-4-2)28(36)34-20-24-19-23(11-12-25(24)31-27(30)29(34)13-14-29)21-7-9-22(10-8-21)26(35)32-17-5-6-18-32/h7-12,19H,3-6,13-18,20H2,1-2H3,(H2,30,31). The molecule has 1 saturated carbocycles. The number of likely N-dealkylation sites (tertiary alicyclic amines) is 1. The lowest BCUT2D eigenvalue weighted by Gasteiger charge is -2.35. The first-order valence-corrected chi connectivity index (χ1v) is 13.4. The Labute approximate surface area is 214 Å². The van der Waals surface area contributed by atoms with Gasteiger partial charge in [-0.2, -0.15) is 0 Å². The van der Waals surface area contributed by atoms with Gasteiger partial charge in [0.05, 0.1) is 12.2 Å². The summed E-state index contributed by atoms with van der Waals surface area (Å²) < 4.78 is 0. The zero-order valence-corrected chi connectivity index (χ0v) is 21.5. The van der Waals surface area contributed by atoms with Gasteiger partial charge in [-0.3, -0.25) is 4.79 Å². The van der Waals surface area contributed by atoms with Crippen molar-refractivity contribution in [2.75, 3.05) is 26.2 Å². The Bertz CT molecular complexity index is 1160. The van der Waals surface area contributed by atoms with Gasteiger partial charge >= 0.3 is 6.03 Å². The van der Waals surface area contributed by atoms with E-state index in [-0.39, 0.29) is 11.9 Å². The topological polar surface area (TPSA) is 82.2 Å². The van der Waals surface area contributed by atoms with Gasteiger partial charge in [-0.05, 0) is 79.5 Å². The molecule has 3 amide bonds. The second-order valence-electron chi connectivity index (χ2n) is 10.3. The smallest absolute Gasteiger partial charge is 0.321 e. The molecule has 2 aromatic rings. The molecule has 3 aliphatic rings. The van der Waals surface area contributed by atoms with Crippen LogP contribution < -0.4 is 5.73 Å². The molecule has 0 atom stereocenters. The van der Waals surface area contributed by atoms with E-state index < -0.39 is 5.54 Å². The third-order valence-corrected chi connectivity index (χ3v) is 7.71. The first-order valence-electron chi connectivity index (χ1n) is 13.4. The van der Waals surface area contributed by atoms with Crippen molar-refractivity contribution in [1.82, 2.24) is 14.7 Å². The van der Waals surface area contributed by atoms with Crippen LogP contribution in [0.5, 0.6) is 0 Å². The summed E-state index contributed by atoms with van der Waals surface area (Å²) in [5.74, 6) is 0.651. The lowest BCUT2D eigenvalue weighted by Crippen LogP contribution is -2.54. The molecule has 1 aliphatic carbocycles. The average molecular weight is 488 g/mol. The highest BCUT2D eigenvalue weighted by Crippen LogP contribution is 2.46. The molecule has 36 heavy (non-hydrogen) atoms. The maximum absolute atomic E-state index is 13.7. The SMILES string of the molecule is CCCN(CCC)C(=O)N1Cc2cc(-c3ccc(C(=O)N4CCCC4)cc3)ccc2N=C(N)C12CC2. The fourth-order valence-electron chi connectivity index (χ4n) is 5.51. The highest BCUT2D eigenvalue weighted by Gasteiger charge is 2.55. The first-order chi connectivity index (χ1) is 17.5. The van der Waals surface area contributed by atoms with Crippen LogP contribution in [-0.2, 0) is 6.54 Å². The number of rotatable bonds is 6. The first kappa shape index (κ1) is 24.3. The Morgan fingerprint density at radius 3 is 2.22 bits per heavy atom. The van der Waals surface area contributed by atoms with Gasteiger partial charge in [-0.15, -0.1) is 0 Å². The summed E-state index contributed by atoms with van der Waals surface area (Å²) in [4.78, 5) is 37.1. The maximum Gasteiger partial charge on any atom is 0.321 e. The van der Waals surface area contributed by atoms with Crippen molar-refractivity contribution in [3.8, 4) is 11.1 Å². The predicted octanol–water partition coefficient (Wildman–Crippen LogP) is 5.17. The fraction of sp³-hybridized carbons (Fsp3) is 0.483. The minimum absolute atomic E-state index is 0.0531. The molecule has 2 heterocycles. The zero-order valence-electron chi connectivity index (χ0n) is 21.5. The molecule has 1 saturated heterocycles. The van der Waals surface area contributed by atoms with E-state index in [2.05, 4.69) is 19.9 Å². The van der Waals surface area contributed by atoms with E-state index in [1.165, 1.54) is 0 Å². The van der Waals surface area contributed by atoms with Crippen LogP contribution in [0.2, 0.25) is 0 Å². The van der Waals surface area contributed by atoms with Gasteiger partial charge in [-0.1, -0.05) is 32.0 Å². The number of nitrogens with two attached hydrogens (primary N) is 1. The summed E-state index contributed by atoms with van der Waals surface area (Å²) in [5, 5.41) is 0. The van der Waals surface area contributed by atoms with E-state index in [9.17, 15) is 9.59 Å². The van der Waals surface area contributed by atoms with Gasteiger partial charge in [0.2, 0.25) is 0 Å². The van der Waals surface area contributed by atoms with Crippen LogP contribution in [-0.4, -0.2) is 64.2 Å². The predicted molar refractivity (Wildman–Crippen MR) is 143 cm³/mol. The van der Waals surface area contributed by atoms with Crippen molar-refractivity contribution in [2.45, 2.75) is 64.5 Å². The minimum Gasteiger partial charge on any atom is -0.385 e. The Balaban J connectivity index is 1.42. The van der Waals surface area contributed by atoms with E-state index >= 15 is 0 Å². The Morgan fingerprint density at radius 1 is 0.972 bits per heavy atom. The molecule has 190 valence electrons. The third kappa shape index (κ3) is 4.47. The molecule has 0 unspecified atom stereocenters. The number of amides is 3. The summed E-state index contributed by atoms with van der Waals surface area (Å²) in [5.41, 5.74) is 10.7. The summed E-state index contributed by atoms with van der Waals surface area (Å²) in [6, 6.07) is 14.1. The molecule has 2 aromatic carbocycles. The van der Waals surface area contributed by atoms with Gasteiger partial charge < -0.3 is 20.4 Å². The number of hydrogen-bond donors (Lipinski definition) is 1. The monoisotopic (exact) mass is 487 g/mol. The van der Waals surface area contributed by atoms with Crippen molar-refractivity contribution in [2.24, 2.45) is 10.7 Å². The summed E-state index contributed by atoms with van der Waals surface area (Å²) in [6.07, 6.45) is 5.73. The molecule has 2 fully saturated rings. The molecule has 1 spiro atoms. The van der Waals surface area contributed by atoms with Crippen LogP contribution in [0.25, 0.3) is 11.1 Å². The van der Waals surface area contributed by atoms with Crippen molar-refractivity contribution in [1.29, 1.82) is 0 Å². The summed E-state index contributed by atoms with van der Waals surface area (Å²) in [6.45, 7) is 7.87. The number of aliphatic imine (C=N–C) groups is 1. The Morgan fingerprint density at radius 2 is 1.61 bits per heavy atom. The molecule has 0 radical (unpaired) electrons. The van der Waals surface area contributed by atoms with E-state index in [0.29, 0.717) is 12.4 Å². The maximum atomic E-state index is 13.7. The van der Waals surface area contributed by atoms with Crippen LogP contribution in [0.4, 0.5) is 10.5 Å². The highest BCUT2D eigenvalue weighted by atomic mass is 16.2. The van der Waals surface area contributed by atoms with Crippen molar-refractivity contribution < 1.29 is 9.59 Å². The van der Waals surface area contributed by atoms with Crippen LogP contribution in [0.15, 0.2) is 47.5 Å². The van der Waals surface area contributed by atoms with Crippen molar-refractivity contribution >= 4 is 23.5 Å². The zero-order chi connectivity index (χ0) is 25.3. The summed E-state index contributed by atoms with van der Waals surface area (Å²) >= 11 is 0. The molecular weight excluding hydrogens is 450 g/mol. The number of fused-ring (bicyclic) bond motifs is 1. The van der Waals surface area contributed by atoms with Gasteiger partial charge in [0.1, 0.15) is 11.4 Å². The number of carbonyl (C=O) groups is 2. The van der Waals surface area contributed by atoms with Gasteiger partial charge in [0.25, 0.3) is 5.91 Å². The van der Waals surface area contributed by atoms with E-state index in [4.69, 9.17) is 10.7 Å². The molecular formula is C29H37N5O2. The van der Waals surface area contributed by atoms with E-state index in [1.54, 1.807) is 0 Å². The second kappa shape index (κ2) is 9.96. The molecule has 5 rings (SSSR count). The van der Waals surface area contributed by atoms with Crippen LogP contribution in [0.3, 0.4) is 0 Å². The van der Waals surface area contributed by atoms with Crippen LogP contribution in [0.1, 0.15) is 68.3 Å². The number of benzene rings is 2. The van der Waals surface area contributed by atoms with Crippen molar-refractivity contribution in [3.63, 3.8) is 0 Å². The molecule has 0 bridgehead atoms. The molecule has 0 aromatic heterocycles. The number of nitrogens with zero attached hydrogens (tertiary/aromatic N) is 4. The Kier molecular flexibility index (Phi) is 6.73. The number of urea groups is 1. The second-order valence-corrected chi connectivity index (χ2v) is 10.3. The number of carbonyl (C=O) groups excluding carboxylic acids is 2. The summed E-state index contributed by atoms with van der Waals surface area (Å²) in [7, 11) is 0. The quantitative estimate of drug-likeness (QED) is 0.610. The normalized spacial score (nSPS) is 18.0. The van der Waals surface area contributed by atoms with Crippen molar-refractivity contribution in [3.05, 3.63) is 53.6 Å². The number of amidine groups is 1. The molecule has 2 N–H and O–H groups in total. The lowest BCUT2D eigenvalue weighted by atomic mass is 10.00. The Hall–Kier alpha value is -3.35. The lowest BCUT2D eigenvalue weighted by molar-refractivity contribution is 0.0793. The number of hydrogen-bond acceptors (Lipinski definition) is 4. The van der Waals surface area contributed by atoms with E-state index in [0.717, 1.165) is 92.6 Å². The third-order valence-electron chi connectivity index (χ3n) is 7.71. The van der Waals surface area contributed by atoms with Gasteiger partial charge in [0, 0.05) is 31.7 Å². The van der Waals surface area contributed by atoms with Crippen LogP contribution >= 0.6 is 0 Å². The molecule has 7 nitrogen and oxygen atoms in total. The highest BCUT2D eigenvalue weighted by molar-refractivity contribution is 5.99. The molecule has 7 heteroatoms. The van der Waals surface area contributed by atoms with E-state index in [1.807, 2.05) is 51.1 Å². The van der Waals surface area contributed by atoms with Gasteiger partial charge in [-0.25, -0.2) is 9.79 Å². The molecule has 2 aliphatic heterocycles. The van der Waals surface area contributed by atoms with Crippen LogP contribution in [0, 0.1) is 0 Å². The average Bonchev–Trinajstić information content (AvgIpc) is 3.54. The van der Waals surface area contributed by atoms with Gasteiger partial charge in [0.15, 0.2) is 0 Å².